The first-order chi connectivity index (χ1) is 10.5. The molecule has 1 atom stereocenters. The Bertz CT molecular complexity index is 710. The van der Waals surface area contributed by atoms with Gasteiger partial charge in [-0.2, -0.15) is 0 Å². The van der Waals surface area contributed by atoms with Crippen LogP contribution >= 0.6 is 15.9 Å². The van der Waals surface area contributed by atoms with E-state index in [1.54, 1.807) is 43.5 Å². The summed E-state index contributed by atoms with van der Waals surface area (Å²) in [7, 11) is 0. The molecular formula is C16H17BrN2O3. The number of anilines is 1. The maximum Gasteiger partial charge on any atom is 0.251 e. The highest BCUT2D eigenvalue weighted by atomic mass is 79.9. The molecule has 0 saturated heterocycles. The summed E-state index contributed by atoms with van der Waals surface area (Å²) in [6.07, 6.45) is 1.60. The predicted octanol–water partition coefficient (Wildman–Crippen LogP) is 3.21. The molecular weight excluding hydrogens is 348 g/mol. The first-order valence-electron chi connectivity index (χ1n) is 6.92. The molecule has 0 fully saturated rings. The number of nitrogens with zero attached hydrogens (tertiary/aromatic N) is 1. The molecule has 0 bridgehead atoms. The highest BCUT2D eigenvalue weighted by Crippen LogP contribution is 2.17. The number of amides is 1. The van der Waals surface area contributed by atoms with Gasteiger partial charge in [-0.05, 0) is 60.1 Å². The van der Waals surface area contributed by atoms with Crippen LogP contribution in [-0.2, 0) is 4.79 Å². The fraction of sp³-hybridized carbons (Fsp3) is 0.250. The minimum Gasteiger partial charge on any atom is -0.494 e. The molecule has 2 aromatic rings. The summed E-state index contributed by atoms with van der Waals surface area (Å²) in [4.78, 5) is 24.1. The first-order valence-corrected chi connectivity index (χ1v) is 7.72. The van der Waals surface area contributed by atoms with Crippen molar-refractivity contribution in [1.29, 1.82) is 0 Å². The average Bonchev–Trinajstić information content (AvgIpc) is 2.51. The highest BCUT2D eigenvalue weighted by molar-refractivity contribution is 9.10. The van der Waals surface area contributed by atoms with E-state index in [1.807, 2.05) is 6.92 Å². The van der Waals surface area contributed by atoms with E-state index in [4.69, 9.17) is 4.74 Å². The third-order valence-electron chi connectivity index (χ3n) is 3.13. The summed E-state index contributed by atoms with van der Waals surface area (Å²) in [5.74, 6) is 0.487. The van der Waals surface area contributed by atoms with Crippen molar-refractivity contribution >= 4 is 27.5 Å². The second kappa shape index (κ2) is 7.26. The molecule has 0 aliphatic heterocycles. The van der Waals surface area contributed by atoms with Crippen molar-refractivity contribution < 1.29 is 9.53 Å². The number of carbonyl (C=O) groups excluding carboxylic acids is 1. The van der Waals surface area contributed by atoms with E-state index >= 15 is 0 Å². The third-order valence-corrected chi connectivity index (χ3v) is 3.60. The number of aromatic nitrogens is 1. The first kappa shape index (κ1) is 16.3. The van der Waals surface area contributed by atoms with Crippen molar-refractivity contribution in [3.8, 4) is 5.75 Å². The summed E-state index contributed by atoms with van der Waals surface area (Å²) in [6, 6.07) is 9.56. The fourth-order valence-corrected chi connectivity index (χ4v) is 2.31. The lowest BCUT2D eigenvalue weighted by molar-refractivity contribution is -0.118. The van der Waals surface area contributed by atoms with Crippen molar-refractivity contribution in [2.45, 2.75) is 19.9 Å². The van der Waals surface area contributed by atoms with E-state index in [1.165, 1.54) is 10.6 Å². The molecule has 1 aromatic carbocycles. The minimum atomic E-state index is -0.614. The molecule has 0 radical (unpaired) electrons. The second-order valence-electron chi connectivity index (χ2n) is 4.72. The van der Waals surface area contributed by atoms with Crippen molar-refractivity contribution in [3.63, 3.8) is 0 Å². The largest absolute Gasteiger partial charge is 0.494 e. The van der Waals surface area contributed by atoms with Gasteiger partial charge in [-0.3, -0.25) is 9.59 Å². The Morgan fingerprint density at radius 1 is 1.27 bits per heavy atom. The summed E-state index contributed by atoms with van der Waals surface area (Å²) >= 11 is 3.30. The van der Waals surface area contributed by atoms with Crippen LogP contribution in [0.1, 0.15) is 19.9 Å². The third kappa shape index (κ3) is 3.98. The van der Waals surface area contributed by atoms with Crippen LogP contribution in [-0.4, -0.2) is 17.1 Å². The van der Waals surface area contributed by atoms with Crippen molar-refractivity contribution in [2.24, 2.45) is 0 Å². The lowest BCUT2D eigenvalue weighted by Crippen LogP contribution is -2.30. The number of carbonyl (C=O) groups is 1. The van der Waals surface area contributed by atoms with E-state index in [0.717, 1.165) is 10.2 Å². The summed E-state index contributed by atoms with van der Waals surface area (Å²) in [5.41, 5.74) is 0.431. The fourth-order valence-electron chi connectivity index (χ4n) is 1.95. The Hall–Kier alpha value is -2.08. The molecule has 0 spiro atoms. The van der Waals surface area contributed by atoms with E-state index in [9.17, 15) is 9.59 Å². The Kier molecular flexibility index (Phi) is 5.38. The molecule has 5 nitrogen and oxygen atoms in total. The van der Waals surface area contributed by atoms with Crippen LogP contribution in [0.3, 0.4) is 0 Å². The van der Waals surface area contributed by atoms with Crippen molar-refractivity contribution in [3.05, 3.63) is 57.4 Å². The Balaban J connectivity index is 2.11. The monoisotopic (exact) mass is 364 g/mol. The molecule has 0 aliphatic rings. The molecule has 0 saturated carbocycles. The van der Waals surface area contributed by atoms with Crippen LogP contribution in [0.25, 0.3) is 0 Å². The zero-order valence-electron chi connectivity index (χ0n) is 12.4. The molecule has 6 heteroatoms. The van der Waals surface area contributed by atoms with Gasteiger partial charge >= 0.3 is 0 Å². The van der Waals surface area contributed by atoms with Gasteiger partial charge in [0.2, 0.25) is 5.91 Å². The molecule has 22 heavy (non-hydrogen) atoms. The van der Waals surface area contributed by atoms with Crippen LogP contribution in [0.4, 0.5) is 5.69 Å². The lowest BCUT2D eigenvalue weighted by Gasteiger charge is -2.15. The molecule has 1 N–H and O–H groups in total. The van der Waals surface area contributed by atoms with Gasteiger partial charge in [0.25, 0.3) is 5.56 Å². The van der Waals surface area contributed by atoms with E-state index in [2.05, 4.69) is 21.2 Å². The van der Waals surface area contributed by atoms with Crippen LogP contribution < -0.4 is 15.6 Å². The molecule has 116 valence electrons. The van der Waals surface area contributed by atoms with Crippen LogP contribution in [0.15, 0.2) is 51.9 Å². The van der Waals surface area contributed by atoms with Crippen LogP contribution in [0.5, 0.6) is 5.75 Å². The zero-order chi connectivity index (χ0) is 16.1. The molecule has 1 aromatic heterocycles. The maximum absolute atomic E-state index is 12.3. The summed E-state index contributed by atoms with van der Waals surface area (Å²) < 4.78 is 7.47. The van der Waals surface area contributed by atoms with Gasteiger partial charge < -0.3 is 14.6 Å². The molecule has 1 heterocycles. The maximum atomic E-state index is 12.3. The normalized spacial score (nSPS) is 11.8. The van der Waals surface area contributed by atoms with Crippen molar-refractivity contribution in [1.82, 2.24) is 4.57 Å². The number of rotatable bonds is 5. The Morgan fingerprint density at radius 3 is 2.59 bits per heavy atom. The number of pyridine rings is 1. The van der Waals surface area contributed by atoms with E-state index < -0.39 is 6.04 Å². The number of nitrogens with one attached hydrogen (secondary N) is 1. The standard InChI is InChI=1S/C16H17BrN2O3/c1-3-22-14-7-5-13(6-8-14)18-16(21)11(2)19-10-12(17)4-9-15(19)20/h4-11H,3H2,1-2H3,(H,18,21). The van der Waals surface area contributed by atoms with Gasteiger partial charge in [-0.15, -0.1) is 0 Å². The molecule has 2 rings (SSSR count). The van der Waals surface area contributed by atoms with Gasteiger partial charge in [-0.1, -0.05) is 0 Å². The minimum absolute atomic E-state index is 0.224. The molecule has 0 aliphatic carbocycles. The highest BCUT2D eigenvalue weighted by Gasteiger charge is 2.16. The van der Waals surface area contributed by atoms with Crippen LogP contribution in [0.2, 0.25) is 0 Å². The van der Waals surface area contributed by atoms with Gasteiger partial charge in [0, 0.05) is 22.4 Å². The van der Waals surface area contributed by atoms with Gasteiger partial charge in [0.05, 0.1) is 6.61 Å². The number of hydrogen-bond donors (Lipinski definition) is 1. The SMILES string of the molecule is CCOc1ccc(NC(=O)C(C)n2cc(Br)ccc2=O)cc1. The Labute approximate surface area is 137 Å². The number of benzene rings is 1. The topological polar surface area (TPSA) is 60.3 Å². The summed E-state index contributed by atoms with van der Waals surface area (Å²) in [5, 5.41) is 2.79. The predicted molar refractivity (Wildman–Crippen MR) is 89.4 cm³/mol. The Morgan fingerprint density at radius 2 is 1.95 bits per heavy atom. The molecule has 1 unspecified atom stereocenters. The molecule has 1 amide bonds. The quantitative estimate of drug-likeness (QED) is 0.885. The van der Waals surface area contributed by atoms with Gasteiger partial charge in [0.1, 0.15) is 11.8 Å². The van der Waals surface area contributed by atoms with Crippen LogP contribution in [0, 0.1) is 0 Å². The number of halogens is 1. The summed E-state index contributed by atoms with van der Waals surface area (Å²) in [6.45, 7) is 4.18. The second-order valence-corrected chi connectivity index (χ2v) is 5.63. The lowest BCUT2D eigenvalue weighted by atomic mass is 10.2. The smallest absolute Gasteiger partial charge is 0.251 e. The number of ether oxygens (including phenoxy) is 1. The van der Waals surface area contributed by atoms with E-state index in [0.29, 0.717) is 12.3 Å². The van der Waals surface area contributed by atoms with Gasteiger partial charge in [-0.25, -0.2) is 0 Å². The average molecular weight is 365 g/mol. The van der Waals surface area contributed by atoms with E-state index in [-0.39, 0.29) is 11.5 Å². The number of hydrogen-bond acceptors (Lipinski definition) is 3. The van der Waals surface area contributed by atoms with Crippen molar-refractivity contribution in [2.75, 3.05) is 11.9 Å². The zero-order valence-corrected chi connectivity index (χ0v) is 14.0. The van der Waals surface area contributed by atoms with Gasteiger partial charge in [0.15, 0.2) is 0 Å².